The van der Waals surface area contributed by atoms with Gasteiger partial charge in [-0.25, -0.2) is 9.59 Å². The second-order valence-corrected chi connectivity index (χ2v) is 5.89. The SMILES string of the molecule is COc1ccc(CNC(=O)Nc2ccc(CN3CCOC3=O)cc2)cc1. The number of carbonyl (C=O) groups excluding carboxylic acids is 2. The van der Waals surface area contributed by atoms with E-state index in [-0.39, 0.29) is 12.1 Å². The first kappa shape index (κ1) is 17.6. The molecule has 7 heteroatoms. The lowest BCUT2D eigenvalue weighted by atomic mass is 10.2. The van der Waals surface area contributed by atoms with Gasteiger partial charge in [0.2, 0.25) is 0 Å². The summed E-state index contributed by atoms with van der Waals surface area (Å²) in [6.45, 7) is 1.97. The molecule has 2 N–H and O–H groups in total. The third kappa shape index (κ3) is 4.66. The Morgan fingerprint density at radius 3 is 2.42 bits per heavy atom. The normalized spacial score (nSPS) is 13.3. The number of cyclic esters (lactones) is 1. The van der Waals surface area contributed by atoms with Crippen molar-refractivity contribution in [3.05, 3.63) is 59.7 Å². The monoisotopic (exact) mass is 355 g/mol. The summed E-state index contributed by atoms with van der Waals surface area (Å²) in [7, 11) is 1.61. The van der Waals surface area contributed by atoms with Gasteiger partial charge in [-0.15, -0.1) is 0 Å². The van der Waals surface area contributed by atoms with E-state index in [4.69, 9.17) is 9.47 Å². The number of carbonyl (C=O) groups is 2. The van der Waals surface area contributed by atoms with Gasteiger partial charge in [0.05, 0.1) is 13.7 Å². The Morgan fingerprint density at radius 1 is 1.12 bits per heavy atom. The van der Waals surface area contributed by atoms with E-state index in [0.717, 1.165) is 16.9 Å². The van der Waals surface area contributed by atoms with E-state index in [1.165, 1.54) is 0 Å². The molecule has 0 radical (unpaired) electrons. The quantitative estimate of drug-likeness (QED) is 0.835. The number of amides is 3. The van der Waals surface area contributed by atoms with E-state index in [0.29, 0.717) is 31.9 Å². The Balaban J connectivity index is 1.47. The molecule has 0 atom stereocenters. The number of hydrogen-bond acceptors (Lipinski definition) is 4. The van der Waals surface area contributed by atoms with Crippen molar-refractivity contribution in [1.29, 1.82) is 0 Å². The number of urea groups is 1. The fourth-order valence-corrected chi connectivity index (χ4v) is 2.58. The molecule has 0 bridgehead atoms. The number of benzene rings is 2. The first-order chi connectivity index (χ1) is 12.6. The van der Waals surface area contributed by atoms with E-state index < -0.39 is 0 Å². The summed E-state index contributed by atoms with van der Waals surface area (Å²) in [5, 5.41) is 5.59. The van der Waals surface area contributed by atoms with Crippen LogP contribution in [0.25, 0.3) is 0 Å². The number of anilines is 1. The molecule has 26 heavy (non-hydrogen) atoms. The van der Waals surface area contributed by atoms with E-state index in [2.05, 4.69) is 10.6 Å². The molecular formula is C19H21N3O4. The maximum Gasteiger partial charge on any atom is 0.410 e. The topological polar surface area (TPSA) is 79.9 Å². The minimum absolute atomic E-state index is 0.281. The van der Waals surface area contributed by atoms with Gasteiger partial charge in [0.15, 0.2) is 0 Å². The lowest BCUT2D eigenvalue weighted by Crippen LogP contribution is -2.28. The average Bonchev–Trinajstić information content (AvgIpc) is 3.07. The van der Waals surface area contributed by atoms with Crippen LogP contribution in [0.2, 0.25) is 0 Å². The second-order valence-electron chi connectivity index (χ2n) is 5.89. The minimum Gasteiger partial charge on any atom is -0.497 e. The predicted molar refractivity (Wildman–Crippen MR) is 97.1 cm³/mol. The highest BCUT2D eigenvalue weighted by atomic mass is 16.6. The highest BCUT2D eigenvalue weighted by molar-refractivity contribution is 5.89. The maximum atomic E-state index is 12.0. The first-order valence-corrected chi connectivity index (χ1v) is 8.32. The van der Waals surface area contributed by atoms with E-state index in [9.17, 15) is 9.59 Å². The molecule has 3 amide bonds. The second kappa shape index (κ2) is 8.24. The lowest BCUT2D eigenvalue weighted by Gasteiger charge is -2.13. The van der Waals surface area contributed by atoms with Crippen molar-refractivity contribution >= 4 is 17.8 Å². The van der Waals surface area contributed by atoms with Crippen LogP contribution >= 0.6 is 0 Å². The molecule has 0 saturated carbocycles. The predicted octanol–water partition coefficient (Wildman–Crippen LogP) is 2.97. The summed E-state index contributed by atoms with van der Waals surface area (Å²) >= 11 is 0. The molecule has 1 fully saturated rings. The van der Waals surface area contributed by atoms with Crippen LogP contribution in [0.15, 0.2) is 48.5 Å². The van der Waals surface area contributed by atoms with Crippen molar-refractivity contribution in [2.75, 3.05) is 25.6 Å². The number of methoxy groups -OCH3 is 1. The van der Waals surface area contributed by atoms with Crippen molar-refractivity contribution in [2.45, 2.75) is 13.1 Å². The molecule has 1 aliphatic heterocycles. The zero-order chi connectivity index (χ0) is 18.4. The molecule has 0 aromatic heterocycles. The Kier molecular flexibility index (Phi) is 5.58. The van der Waals surface area contributed by atoms with Crippen LogP contribution in [-0.4, -0.2) is 37.3 Å². The van der Waals surface area contributed by atoms with Gasteiger partial charge < -0.3 is 25.0 Å². The van der Waals surface area contributed by atoms with Gasteiger partial charge in [-0.05, 0) is 35.4 Å². The third-order valence-electron chi connectivity index (χ3n) is 4.04. The van der Waals surface area contributed by atoms with Crippen LogP contribution in [0, 0.1) is 0 Å². The standard InChI is InChI=1S/C19H21N3O4/c1-25-17-8-4-14(5-9-17)12-20-18(23)21-16-6-2-15(3-7-16)13-22-10-11-26-19(22)24/h2-9H,10-13H2,1H3,(H2,20,21,23). The molecule has 2 aromatic rings. The van der Waals surface area contributed by atoms with Crippen molar-refractivity contribution in [1.82, 2.24) is 10.2 Å². The van der Waals surface area contributed by atoms with Crippen LogP contribution in [0.5, 0.6) is 5.75 Å². The van der Waals surface area contributed by atoms with Crippen LogP contribution in [0.3, 0.4) is 0 Å². The summed E-state index contributed by atoms with van der Waals surface area (Å²) in [6.07, 6.45) is -0.287. The summed E-state index contributed by atoms with van der Waals surface area (Å²) < 4.78 is 10.0. The van der Waals surface area contributed by atoms with Crippen molar-refractivity contribution in [2.24, 2.45) is 0 Å². The Hall–Kier alpha value is -3.22. The molecule has 1 saturated heterocycles. The number of ether oxygens (including phenoxy) is 2. The lowest BCUT2D eigenvalue weighted by molar-refractivity contribution is 0.157. The maximum absolute atomic E-state index is 12.0. The van der Waals surface area contributed by atoms with E-state index in [1.54, 1.807) is 12.0 Å². The molecule has 0 aliphatic carbocycles. The minimum atomic E-state index is -0.287. The first-order valence-electron chi connectivity index (χ1n) is 8.32. The molecular weight excluding hydrogens is 334 g/mol. The van der Waals surface area contributed by atoms with Gasteiger partial charge in [0.1, 0.15) is 12.4 Å². The zero-order valence-electron chi connectivity index (χ0n) is 14.5. The number of rotatable bonds is 6. The van der Waals surface area contributed by atoms with E-state index in [1.807, 2.05) is 48.5 Å². The van der Waals surface area contributed by atoms with Crippen molar-refractivity contribution < 1.29 is 19.1 Å². The molecule has 0 unspecified atom stereocenters. The largest absolute Gasteiger partial charge is 0.497 e. The van der Waals surface area contributed by atoms with E-state index >= 15 is 0 Å². The molecule has 136 valence electrons. The third-order valence-corrected chi connectivity index (χ3v) is 4.04. The number of hydrogen-bond donors (Lipinski definition) is 2. The van der Waals surface area contributed by atoms with Gasteiger partial charge in [-0.3, -0.25) is 0 Å². The summed E-state index contributed by atoms with van der Waals surface area (Å²) in [5.74, 6) is 0.778. The fourth-order valence-electron chi connectivity index (χ4n) is 2.58. The molecule has 1 heterocycles. The summed E-state index contributed by atoms with van der Waals surface area (Å²) in [4.78, 5) is 25.1. The van der Waals surface area contributed by atoms with Crippen LogP contribution < -0.4 is 15.4 Å². The zero-order valence-corrected chi connectivity index (χ0v) is 14.5. The van der Waals surface area contributed by atoms with Crippen molar-refractivity contribution in [3.63, 3.8) is 0 Å². The molecule has 7 nitrogen and oxygen atoms in total. The Morgan fingerprint density at radius 2 is 1.81 bits per heavy atom. The highest BCUT2D eigenvalue weighted by Crippen LogP contribution is 2.14. The van der Waals surface area contributed by atoms with Gasteiger partial charge in [0.25, 0.3) is 0 Å². The Labute approximate surface area is 151 Å². The molecule has 3 rings (SSSR count). The summed E-state index contributed by atoms with van der Waals surface area (Å²) in [6, 6.07) is 14.6. The fraction of sp³-hybridized carbons (Fsp3) is 0.263. The van der Waals surface area contributed by atoms with Crippen LogP contribution in [0.4, 0.5) is 15.3 Å². The average molecular weight is 355 g/mol. The number of nitrogens with one attached hydrogen (secondary N) is 2. The van der Waals surface area contributed by atoms with Crippen LogP contribution in [-0.2, 0) is 17.8 Å². The van der Waals surface area contributed by atoms with Gasteiger partial charge in [0, 0.05) is 18.8 Å². The summed E-state index contributed by atoms with van der Waals surface area (Å²) in [5.41, 5.74) is 2.65. The molecule has 0 spiro atoms. The van der Waals surface area contributed by atoms with Gasteiger partial charge in [-0.2, -0.15) is 0 Å². The highest BCUT2D eigenvalue weighted by Gasteiger charge is 2.21. The molecule has 2 aromatic carbocycles. The van der Waals surface area contributed by atoms with Gasteiger partial charge >= 0.3 is 12.1 Å². The molecule has 1 aliphatic rings. The Bertz CT molecular complexity index is 759. The smallest absolute Gasteiger partial charge is 0.410 e. The van der Waals surface area contributed by atoms with Crippen molar-refractivity contribution in [3.8, 4) is 5.75 Å². The van der Waals surface area contributed by atoms with Crippen LogP contribution in [0.1, 0.15) is 11.1 Å². The van der Waals surface area contributed by atoms with Gasteiger partial charge in [-0.1, -0.05) is 24.3 Å². The number of nitrogens with zero attached hydrogens (tertiary/aromatic N) is 1.